The van der Waals surface area contributed by atoms with Gasteiger partial charge < -0.3 is 5.32 Å². The van der Waals surface area contributed by atoms with Crippen LogP contribution in [0.4, 0.5) is 4.39 Å². The maximum atomic E-state index is 13.9. The normalized spacial score (nSPS) is 12.3. The second-order valence-electron chi connectivity index (χ2n) is 5.25. The van der Waals surface area contributed by atoms with Gasteiger partial charge in [-0.05, 0) is 48.7 Å². The maximum absolute atomic E-state index is 13.9. The lowest BCUT2D eigenvalue weighted by Gasteiger charge is -2.19. The fourth-order valence-corrected chi connectivity index (χ4v) is 2.69. The van der Waals surface area contributed by atoms with Crippen LogP contribution in [0.2, 0.25) is 0 Å². The fraction of sp³-hybridized carbons (Fsp3) is 0.333. The first-order valence-electron chi connectivity index (χ1n) is 7.40. The number of hydrogen-bond acceptors (Lipinski definition) is 1. The molecule has 0 saturated heterocycles. The molecule has 0 heterocycles. The average molecular weight is 350 g/mol. The minimum Gasteiger partial charge on any atom is -0.316 e. The van der Waals surface area contributed by atoms with Crippen LogP contribution in [0, 0.1) is 5.82 Å². The summed E-state index contributed by atoms with van der Waals surface area (Å²) in [6.07, 6.45) is 1.82. The predicted octanol–water partition coefficient (Wildman–Crippen LogP) is 4.91. The van der Waals surface area contributed by atoms with Crippen LogP contribution in [-0.2, 0) is 6.42 Å². The highest BCUT2D eigenvalue weighted by molar-refractivity contribution is 9.10. The summed E-state index contributed by atoms with van der Waals surface area (Å²) >= 11 is 3.46. The topological polar surface area (TPSA) is 12.0 Å². The lowest BCUT2D eigenvalue weighted by molar-refractivity contribution is 0.553. The molecule has 1 atom stereocenters. The van der Waals surface area contributed by atoms with Gasteiger partial charge in [0, 0.05) is 16.9 Å². The van der Waals surface area contributed by atoms with Gasteiger partial charge in [0.25, 0.3) is 0 Å². The molecule has 0 aliphatic heterocycles. The Bertz CT molecular complexity index is 553. The van der Waals surface area contributed by atoms with Crippen molar-refractivity contribution in [1.82, 2.24) is 5.32 Å². The van der Waals surface area contributed by atoms with Crippen LogP contribution in [-0.4, -0.2) is 13.1 Å². The van der Waals surface area contributed by atoms with Crippen molar-refractivity contribution < 1.29 is 4.39 Å². The highest BCUT2D eigenvalue weighted by Crippen LogP contribution is 2.23. The lowest BCUT2D eigenvalue weighted by Crippen LogP contribution is -2.24. The first kappa shape index (κ1) is 16.2. The summed E-state index contributed by atoms with van der Waals surface area (Å²) in [4.78, 5) is 0. The Morgan fingerprint density at radius 2 is 1.81 bits per heavy atom. The Labute approximate surface area is 134 Å². The molecule has 0 aliphatic carbocycles. The smallest absolute Gasteiger partial charge is 0.126 e. The average Bonchev–Trinajstić information content (AvgIpc) is 2.49. The maximum Gasteiger partial charge on any atom is 0.126 e. The van der Waals surface area contributed by atoms with Crippen LogP contribution in [0.25, 0.3) is 0 Å². The molecule has 1 N–H and O–H groups in total. The van der Waals surface area contributed by atoms with E-state index in [9.17, 15) is 4.39 Å². The molecule has 21 heavy (non-hydrogen) atoms. The van der Waals surface area contributed by atoms with Gasteiger partial charge in [0.1, 0.15) is 5.82 Å². The highest BCUT2D eigenvalue weighted by atomic mass is 79.9. The zero-order valence-electron chi connectivity index (χ0n) is 12.3. The van der Waals surface area contributed by atoms with Crippen LogP contribution in [0.1, 0.15) is 30.4 Å². The van der Waals surface area contributed by atoms with E-state index in [1.54, 1.807) is 6.07 Å². The van der Waals surface area contributed by atoms with E-state index in [2.05, 4.69) is 40.3 Å². The van der Waals surface area contributed by atoms with E-state index >= 15 is 0 Å². The second-order valence-corrected chi connectivity index (χ2v) is 6.16. The van der Waals surface area contributed by atoms with Crippen LogP contribution < -0.4 is 5.32 Å². The third-order valence-electron chi connectivity index (χ3n) is 3.58. The SMILES string of the molecule is CCCNCC(Cc1ccccc1F)c1ccc(Br)cc1. The molecular formula is C18H21BrFN. The Balaban J connectivity index is 2.15. The molecule has 3 heteroatoms. The van der Waals surface area contributed by atoms with Gasteiger partial charge in [-0.25, -0.2) is 4.39 Å². The molecule has 1 unspecified atom stereocenters. The van der Waals surface area contributed by atoms with Crippen LogP contribution in [0.5, 0.6) is 0 Å². The molecule has 0 radical (unpaired) electrons. The molecular weight excluding hydrogens is 329 g/mol. The Hall–Kier alpha value is -1.19. The molecule has 1 nitrogen and oxygen atoms in total. The molecule has 0 fully saturated rings. The second kappa shape index (κ2) is 8.30. The number of halogens is 2. The van der Waals surface area contributed by atoms with E-state index in [0.717, 1.165) is 29.5 Å². The quantitative estimate of drug-likeness (QED) is 0.700. The molecule has 0 aromatic heterocycles. The monoisotopic (exact) mass is 349 g/mol. The van der Waals surface area contributed by atoms with E-state index in [1.165, 1.54) is 11.6 Å². The predicted molar refractivity (Wildman–Crippen MR) is 90.1 cm³/mol. The molecule has 2 rings (SSSR count). The van der Waals surface area contributed by atoms with Gasteiger partial charge in [-0.15, -0.1) is 0 Å². The van der Waals surface area contributed by atoms with Crippen molar-refractivity contribution in [3.8, 4) is 0 Å². The highest BCUT2D eigenvalue weighted by Gasteiger charge is 2.14. The Morgan fingerprint density at radius 3 is 2.48 bits per heavy atom. The van der Waals surface area contributed by atoms with Gasteiger partial charge in [0.05, 0.1) is 0 Å². The molecule has 0 saturated carbocycles. The molecule has 0 aliphatic rings. The summed E-state index contributed by atoms with van der Waals surface area (Å²) in [5.74, 6) is 0.164. The standard InChI is InChI=1S/C18H21BrFN/c1-2-11-21-13-16(14-7-9-17(19)10-8-14)12-15-5-3-4-6-18(15)20/h3-10,16,21H,2,11-13H2,1H3. The van der Waals surface area contributed by atoms with Gasteiger partial charge in [-0.1, -0.05) is 53.2 Å². The molecule has 112 valence electrons. The molecule has 0 amide bonds. The van der Waals surface area contributed by atoms with E-state index in [-0.39, 0.29) is 11.7 Å². The van der Waals surface area contributed by atoms with Crippen molar-refractivity contribution in [1.29, 1.82) is 0 Å². The molecule has 0 spiro atoms. The van der Waals surface area contributed by atoms with Crippen molar-refractivity contribution in [3.63, 3.8) is 0 Å². The minimum atomic E-state index is -0.116. The summed E-state index contributed by atoms with van der Waals surface area (Å²) in [6.45, 7) is 4.01. The first-order chi connectivity index (χ1) is 10.2. The van der Waals surface area contributed by atoms with Crippen molar-refractivity contribution >= 4 is 15.9 Å². The van der Waals surface area contributed by atoms with Gasteiger partial charge in [-0.3, -0.25) is 0 Å². The third kappa shape index (κ3) is 4.94. The summed E-state index contributed by atoms with van der Waals surface area (Å²) in [7, 11) is 0. The van der Waals surface area contributed by atoms with Crippen molar-refractivity contribution in [2.75, 3.05) is 13.1 Å². The van der Waals surface area contributed by atoms with E-state index in [0.29, 0.717) is 6.42 Å². The van der Waals surface area contributed by atoms with Crippen LogP contribution in [0.3, 0.4) is 0 Å². The summed E-state index contributed by atoms with van der Waals surface area (Å²) < 4.78 is 15.0. The molecule has 2 aromatic rings. The van der Waals surface area contributed by atoms with Gasteiger partial charge in [-0.2, -0.15) is 0 Å². The number of benzene rings is 2. The van der Waals surface area contributed by atoms with Crippen molar-refractivity contribution in [2.24, 2.45) is 0 Å². The van der Waals surface area contributed by atoms with Crippen LogP contribution in [0.15, 0.2) is 53.0 Å². The van der Waals surface area contributed by atoms with Gasteiger partial charge in [0.15, 0.2) is 0 Å². The molecule has 2 aromatic carbocycles. The fourth-order valence-electron chi connectivity index (χ4n) is 2.43. The molecule has 0 bridgehead atoms. The first-order valence-corrected chi connectivity index (χ1v) is 8.19. The van der Waals surface area contributed by atoms with Gasteiger partial charge >= 0.3 is 0 Å². The van der Waals surface area contributed by atoms with Crippen molar-refractivity contribution in [3.05, 3.63) is 69.9 Å². The van der Waals surface area contributed by atoms with E-state index < -0.39 is 0 Å². The lowest BCUT2D eigenvalue weighted by atomic mass is 9.91. The van der Waals surface area contributed by atoms with Crippen molar-refractivity contribution in [2.45, 2.75) is 25.7 Å². The summed E-state index contributed by atoms with van der Waals surface area (Å²) in [5.41, 5.74) is 2.02. The summed E-state index contributed by atoms with van der Waals surface area (Å²) in [6, 6.07) is 15.4. The van der Waals surface area contributed by atoms with Crippen LogP contribution >= 0.6 is 15.9 Å². The Morgan fingerprint density at radius 1 is 1.10 bits per heavy atom. The minimum absolute atomic E-state index is 0.116. The van der Waals surface area contributed by atoms with Gasteiger partial charge in [0.2, 0.25) is 0 Å². The Kier molecular flexibility index (Phi) is 6.40. The zero-order chi connectivity index (χ0) is 15.1. The number of rotatable bonds is 7. The van der Waals surface area contributed by atoms with E-state index in [4.69, 9.17) is 0 Å². The summed E-state index contributed by atoms with van der Waals surface area (Å²) in [5, 5.41) is 3.45. The largest absolute Gasteiger partial charge is 0.316 e. The zero-order valence-corrected chi connectivity index (χ0v) is 13.9. The number of nitrogens with one attached hydrogen (secondary N) is 1. The number of hydrogen-bond donors (Lipinski definition) is 1. The third-order valence-corrected chi connectivity index (χ3v) is 4.11. The van der Waals surface area contributed by atoms with E-state index in [1.807, 2.05) is 24.3 Å².